The van der Waals surface area contributed by atoms with E-state index in [1.165, 1.54) is 0 Å². The summed E-state index contributed by atoms with van der Waals surface area (Å²) in [5.74, 6) is -0.701. The van der Waals surface area contributed by atoms with Crippen molar-refractivity contribution in [1.29, 1.82) is 0 Å². The molecular weight excluding hydrogens is 280 g/mol. The zero-order valence-corrected chi connectivity index (χ0v) is 13.8. The van der Waals surface area contributed by atoms with Gasteiger partial charge in [-0.25, -0.2) is 0 Å². The zero-order valence-electron chi connectivity index (χ0n) is 13.8. The maximum Gasteiger partial charge on any atom is 0.303 e. The third kappa shape index (κ3) is 13.8. The first kappa shape index (κ1) is 20.9. The van der Waals surface area contributed by atoms with Gasteiger partial charge in [0.05, 0.1) is 12.2 Å². The predicted octanol–water partition coefficient (Wildman–Crippen LogP) is 3.83. The molecule has 0 radical (unpaired) electrons. The van der Waals surface area contributed by atoms with E-state index < -0.39 is 18.2 Å². The van der Waals surface area contributed by atoms with E-state index in [0.29, 0.717) is 12.8 Å². The second-order valence-electron chi connectivity index (χ2n) is 5.66. The number of carbonyl (C=O) groups is 1. The highest BCUT2D eigenvalue weighted by Crippen LogP contribution is 2.08. The van der Waals surface area contributed by atoms with Crippen molar-refractivity contribution in [2.45, 2.75) is 83.3 Å². The number of rotatable bonds is 14. The molecule has 0 aliphatic carbocycles. The topological polar surface area (TPSA) is 77.8 Å². The third-order valence-electron chi connectivity index (χ3n) is 3.61. The van der Waals surface area contributed by atoms with Gasteiger partial charge in [0.25, 0.3) is 0 Å². The molecule has 3 N–H and O–H groups in total. The number of carboxylic acids is 1. The van der Waals surface area contributed by atoms with Crippen molar-refractivity contribution in [1.82, 2.24) is 0 Å². The van der Waals surface area contributed by atoms with Crippen molar-refractivity contribution in [3.05, 3.63) is 24.3 Å². The summed E-state index contributed by atoms with van der Waals surface area (Å²) >= 11 is 0. The van der Waals surface area contributed by atoms with Crippen LogP contribution in [0.5, 0.6) is 0 Å². The van der Waals surface area contributed by atoms with Crippen LogP contribution in [0.1, 0.15) is 71.1 Å². The highest BCUT2D eigenvalue weighted by Gasteiger charge is 2.11. The van der Waals surface area contributed by atoms with Crippen LogP contribution in [0.4, 0.5) is 0 Å². The van der Waals surface area contributed by atoms with Gasteiger partial charge in [-0.15, -0.1) is 0 Å². The number of unbranched alkanes of at least 4 members (excludes halogenated alkanes) is 5. The van der Waals surface area contributed by atoms with Crippen LogP contribution in [0.15, 0.2) is 24.3 Å². The minimum Gasteiger partial charge on any atom is -0.481 e. The number of aliphatic hydroxyl groups is 2. The standard InChI is InChI=1S/C18H32O4/c1-2-16(19)17(20)14-12-10-8-6-4-3-5-7-9-11-13-15-18(21)22/h4,6,10,12,16-17,19-20H,2-3,5,7-9,11,13-15H2,1H3,(H,21,22)/b6-4-,12-10+/t16-,17-/m1/s1. The van der Waals surface area contributed by atoms with Crippen molar-refractivity contribution in [2.75, 3.05) is 0 Å². The molecule has 0 fully saturated rings. The monoisotopic (exact) mass is 312 g/mol. The molecule has 0 aromatic heterocycles. The van der Waals surface area contributed by atoms with E-state index in [4.69, 9.17) is 5.11 Å². The Morgan fingerprint density at radius 3 is 2.23 bits per heavy atom. The summed E-state index contributed by atoms with van der Waals surface area (Å²) in [7, 11) is 0. The van der Waals surface area contributed by atoms with Gasteiger partial charge in [0.15, 0.2) is 0 Å². The van der Waals surface area contributed by atoms with Crippen LogP contribution >= 0.6 is 0 Å². The van der Waals surface area contributed by atoms with Crippen molar-refractivity contribution in [3.63, 3.8) is 0 Å². The molecule has 128 valence electrons. The van der Waals surface area contributed by atoms with E-state index in [2.05, 4.69) is 12.2 Å². The van der Waals surface area contributed by atoms with Gasteiger partial charge in [0.1, 0.15) is 0 Å². The molecule has 0 bridgehead atoms. The molecule has 4 heteroatoms. The summed E-state index contributed by atoms with van der Waals surface area (Å²) in [4.78, 5) is 10.3. The quantitative estimate of drug-likeness (QED) is 0.336. The lowest BCUT2D eigenvalue weighted by atomic mass is 10.1. The van der Waals surface area contributed by atoms with E-state index in [1.807, 2.05) is 19.1 Å². The number of allylic oxidation sites excluding steroid dienone is 3. The second kappa shape index (κ2) is 14.8. The first-order valence-electron chi connectivity index (χ1n) is 8.45. The largest absolute Gasteiger partial charge is 0.481 e. The Bertz CT molecular complexity index is 323. The van der Waals surface area contributed by atoms with Gasteiger partial charge in [-0.2, -0.15) is 0 Å². The van der Waals surface area contributed by atoms with E-state index in [9.17, 15) is 15.0 Å². The van der Waals surface area contributed by atoms with Crippen LogP contribution in [0.3, 0.4) is 0 Å². The smallest absolute Gasteiger partial charge is 0.303 e. The molecule has 0 aromatic carbocycles. The molecule has 0 spiro atoms. The van der Waals surface area contributed by atoms with E-state index in [0.717, 1.165) is 44.9 Å². The van der Waals surface area contributed by atoms with Crippen molar-refractivity contribution in [2.24, 2.45) is 0 Å². The van der Waals surface area contributed by atoms with Gasteiger partial charge in [0, 0.05) is 6.42 Å². The third-order valence-corrected chi connectivity index (χ3v) is 3.61. The first-order valence-corrected chi connectivity index (χ1v) is 8.45. The lowest BCUT2D eigenvalue weighted by Crippen LogP contribution is -2.23. The molecule has 0 aliphatic heterocycles. The predicted molar refractivity (Wildman–Crippen MR) is 89.8 cm³/mol. The molecule has 0 aromatic rings. The Balaban J connectivity index is 3.39. The molecule has 0 unspecified atom stereocenters. The van der Waals surface area contributed by atoms with Crippen LogP contribution in [0.25, 0.3) is 0 Å². The Hall–Kier alpha value is -1.13. The van der Waals surface area contributed by atoms with Gasteiger partial charge in [-0.05, 0) is 38.5 Å². The van der Waals surface area contributed by atoms with E-state index in [1.54, 1.807) is 0 Å². The summed E-state index contributed by atoms with van der Waals surface area (Å²) in [5, 5.41) is 27.5. The Morgan fingerprint density at radius 2 is 1.55 bits per heavy atom. The fourth-order valence-electron chi connectivity index (χ4n) is 2.12. The summed E-state index contributed by atoms with van der Waals surface area (Å²) < 4.78 is 0. The molecule has 2 atom stereocenters. The van der Waals surface area contributed by atoms with Gasteiger partial charge < -0.3 is 15.3 Å². The molecule has 0 rings (SSSR count). The van der Waals surface area contributed by atoms with Crippen molar-refractivity contribution in [3.8, 4) is 0 Å². The zero-order chi connectivity index (χ0) is 16.6. The molecule has 0 saturated carbocycles. The maximum absolute atomic E-state index is 10.3. The van der Waals surface area contributed by atoms with Crippen LogP contribution < -0.4 is 0 Å². The summed E-state index contributed by atoms with van der Waals surface area (Å²) in [5.41, 5.74) is 0. The highest BCUT2D eigenvalue weighted by molar-refractivity contribution is 5.66. The van der Waals surface area contributed by atoms with E-state index >= 15 is 0 Å². The Kier molecular flexibility index (Phi) is 14.0. The number of hydrogen-bond donors (Lipinski definition) is 3. The van der Waals surface area contributed by atoms with Gasteiger partial charge in [-0.3, -0.25) is 4.79 Å². The van der Waals surface area contributed by atoms with Crippen molar-refractivity contribution >= 4 is 5.97 Å². The van der Waals surface area contributed by atoms with E-state index in [-0.39, 0.29) is 6.42 Å². The SMILES string of the molecule is CC[C@@H](O)[C@H](O)C/C=C/C/C=C\CCCCCCCC(=O)O. The lowest BCUT2D eigenvalue weighted by molar-refractivity contribution is -0.137. The number of hydrogen-bond acceptors (Lipinski definition) is 3. The fraction of sp³-hybridized carbons (Fsp3) is 0.722. The van der Waals surface area contributed by atoms with Gasteiger partial charge >= 0.3 is 5.97 Å². The fourth-order valence-corrected chi connectivity index (χ4v) is 2.12. The molecule has 0 amide bonds. The molecule has 0 heterocycles. The molecule has 4 nitrogen and oxygen atoms in total. The summed E-state index contributed by atoms with van der Waals surface area (Å²) in [6.07, 6.45) is 15.4. The molecule has 0 aliphatic rings. The second-order valence-corrected chi connectivity index (χ2v) is 5.66. The van der Waals surface area contributed by atoms with Crippen LogP contribution in [-0.4, -0.2) is 33.5 Å². The Morgan fingerprint density at radius 1 is 0.909 bits per heavy atom. The highest BCUT2D eigenvalue weighted by atomic mass is 16.4. The van der Waals surface area contributed by atoms with Crippen LogP contribution in [-0.2, 0) is 4.79 Å². The normalized spacial score (nSPS) is 14.7. The number of carboxylic acid groups (broad SMARTS) is 1. The van der Waals surface area contributed by atoms with Crippen LogP contribution in [0.2, 0.25) is 0 Å². The number of aliphatic carboxylic acids is 1. The molecule has 0 saturated heterocycles. The minimum atomic E-state index is -0.701. The van der Waals surface area contributed by atoms with Crippen LogP contribution in [0, 0.1) is 0 Å². The first-order chi connectivity index (χ1) is 10.6. The summed E-state index contributed by atoms with van der Waals surface area (Å²) in [6, 6.07) is 0. The summed E-state index contributed by atoms with van der Waals surface area (Å²) in [6.45, 7) is 1.85. The van der Waals surface area contributed by atoms with Crippen molar-refractivity contribution < 1.29 is 20.1 Å². The average molecular weight is 312 g/mol. The van der Waals surface area contributed by atoms with Gasteiger partial charge in [0.2, 0.25) is 0 Å². The Labute approximate surface area is 134 Å². The molecule has 22 heavy (non-hydrogen) atoms. The molecular formula is C18H32O4. The maximum atomic E-state index is 10.3. The van der Waals surface area contributed by atoms with Gasteiger partial charge in [-0.1, -0.05) is 50.5 Å². The lowest BCUT2D eigenvalue weighted by Gasteiger charge is -2.13. The minimum absolute atomic E-state index is 0.288. The number of aliphatic hydroxyl groups excluding tert-OH is 2. The average Bonchev–Trinajstić information content (AvgIpc) is 2.50.